The molecule has 1 N–H and O–H groups in total. The van der Waals surface area contributed by atoms with Crippen LogP contribution in [0.3, 0.4) is 0 Å². The van der Waals surface area contributed by atoms with E-state index in [4.69, 9.17) is 4.74 Å². The van der Waals surface area contributed by atoms with Gasteiger partial charge in [0.15, 0.2) is 17.6 Å². The third-order valence-electron chi connectivity index (χ3n) is 2.71. The minimum Gasteiger partial charge on any atom is -0.381 e. The fraction of sp³-hybridized carbons (Fsp3) is 0.500. The number of methoxy groups -OCH3 is 1. The number of hydrogen-bond acceptors (Lipinski definition) is 3. The average molecular weight is 193 g/mol. The first-order valence-electron chi connectivity index (χ1n) is 4.73. The first-order chi connectivity index (χ1) is 6.83. The third-order valence-corrected chi connectivity index (χ3v) is 2.71. The largest absolute Gasteiger partial charge is 0.381 e. The molecule has 1 aliphatic rings. The molecule has 1 unspecified atom stereocenters. The van der Waals surface area contributed by atoms with E-state index in [2.05, 4.69) is 10.2 Å². The monoisotopic (exact) mass is 193 g/mol. The van der Waals surface area contributed by atoms with Gasteiger partial charge in [0.2, 0.25) is 0 Å². The highest BCUT2D eigenvalue weighted by Crippen LogP contribution is 2.22. The summed E-state index contributed by atoms with van der Waals surface area (Å²) in [5, 5.41) is 2.91. The van der Waals surface area contributed by atoms with Crippen LogP contribution in [0.25, 0.3) is 0 Å². The lowest BCUT2D eigenvalue weighted by atomic mass is 9.93. The molecule has 1 heterocycles. The van der Waals surface area contributed by atoms with Crippen molar-refractivity contribution in [2.75, 3.05) is 7.11 Å². The first-order valence-corrected chi connectivity index (χ1v) is 4.73. The molecule has 0 amide bonds. The summed E-state index contributed by atoms with van der Waals surface area (Å²) < 4.78 is 5.30. The maximum Gasteiger partial charge on any atom is 0.196 e. The molecule has 0 radical (unpaired) electrons. The number of ether oxygens (including phenoxy) is 1. The fourth-order valence-electron chi connectivity index (χ4n) is 1.87. The number of hydrogen-bond donors (Lipinski definition) is 0. The Kier molecular flexibility index (Phi) is 2.54. The molecule has 1 aromatic heterocycles. The van der Waals surface area contributed by atoms with E-state index < -0.39 is 0 Å². The number of aromatic nitrogens is 1. The van der Waals surface area contributed by atoms with Crippen molar-refractivity contribution in [3.63, 3.8) is 0 Å². The molecular weight excluding hydrogens is 180 g/mol. The zero-order valence-electron chi connectivity index (χ0n) is 8.12. The molecule has 1 aliphatic carbocycles. The highest BCUT2D eigenvalue weighted by atomic mass is 16.5. The van der Waals surface area contributed by atoms with Crippen LogP contribution >= 0.6 is 0 Å². The van der Waals surface area contributed by atoms with Gasteiger partial charge in [-0.1, -0.05) is 0 Å². The highest BCUT2D eigenvalue weighted by Gasteiger charge is 2.23. The standard InChI is InChI=1S/C10H12N2O2/c1-14-9-3-2-7-4-8(12-13)6-11-10(7)5-9/h4,6,9H,2-3,5H2,1H3/p+1. The Hall–Kier alpha value is -1.29. The van der Waals surface area contributed by atoms with Crippen molar-refractivity contribution in [2.45, 2.75) is 25.4 Å². The number of aryl methyl sites for hydroxylation is 1. The Labute approximate surface area is 82.3 Å². The Morgan fingerprint density at radius 2 is 2.50 bits per heavy atom. The maximum atomic E-state index is 10.3. The molecule has 0 saturated carbocycles. The molecule has 74 valence electrons. The second-order valence-electron chi connectivity index (χ2n) is 3.55. The Bertz CT molecular complexity index is 352. The molecule has 1 aromatic rings. The first kappa shape index (κ1) is 9.27. The predicted octanol–water partition coefficient (Wildman–Crippen LogP) is 1.40. The van der Waals surface area contributed by atoms with E-state index >= 15 is 0 Å². The van der Waals surface area contributed by atoms with Gasteiger partial charge >= 0.3 is 0 Å². The van der Waals surface area contributed by atoms with Crippen molar-refractivity contribution in [1.82, 2.24) is 0 Å². The SMILES string of the molecule is COC1CCc2cc(N=O)c[nH+]c2C1. The van der Waals surface area contributed by atoms with Crippen molar-refractivity contribution in [3.8, 4) is 0 Å². The normalized spacial score (nSPS) is 20.2. The Morgan fingerprint density at radius 1 is 1.64 bits per heavy atom. The van der Waals surface area contributed by atoms with Crippen LogP contribution < -0.4 is 4.98 Å². The smallest absolute Gasteiger partial charge is 0.196 e. The molecule has 0 saturated heterocycles. The number of aromatic amines is 1. The number of nitrogens with one attached hydrogen (secondary N) is 1. The van der Waals surface area contributed by atoms with Crippen molar-refractivity contribution in [3.05, 3.63) is 28.4 Å². The maximum absolute atomic E-state index is 10.3. The quantitative estimate of drug-likeness (QED) is 0.666. The zero-order chi connectivity index (χ0) is 9.97. The van der Waals surface area contributed by atoms with Crippen LogP contribution in [0.15, 0.2) is 17.4 Å². The van der Waals surface area contributed by atoms with Gasteiger partial charge in [-0.05, 0) is 24.1 Å². The van der Waals surface area contributed by atoms with Gasteiger partial charge in [0.05, 0.1) is 12.5 Å². The molecule has 4 heteroatoms. The predicted molar refractivity (Wildman–Crippen MR) is 51.3 cm³/mol. The van der Waals surface area contributed by atoms with Crippen molar-refractivity contribution < 1.29 is 9.72 Å². The molecule has 0 bridgehead atoms. The Morgan fingerprint density at radius 3 is 3.21 bits per heavy atom. The lowest BCUT2D eigenvalue weighted by molar-refractivity contribution is -0.392. The molecule has 2 rings (SSSR count). The van der Waals surface area contributed by atoms with E-state index in [1.807, 2.05) is 6.07 Å². The molecular formula is C10H13N2O2+. The van der Waals surface area contributed by atoms with E-state index in [0.29, 0.717) is 11.8 Å². The number of rotatable bonds is 2. The average Bonchev–Trinajstić information content (AvgIpc) is 2.27. The van der Waals surface area contributed by atoms with Gasteiger partial charge in [-0.3, -0.25) is 0 Å². The molecule has 0 fully saturated rings. The summed E-state index contributed by atoms with van der Waals surface area (Å²) in [6.07, 6.45) is 4.80. The molecule has 0 aromatic carbocycles. The second kappa shape index (κ2) is 3.84. The van der Waals surface area contributed by atoms with Gasteiger partial charge in [0, 0.05) is 12.7 Å². The van der Waals surface area contributed by atoms with Crippen molar-refractivity contribution in [1.29, 1.82) is 0 Å². The minimum atomic E-state index is 0.300. The van der Waals surface area contributed by atoms with Gasteiger partial charge < -0.3 is 4.74 Å². The van der Waals surface area contributed by atoms with Crippen LogP contribution in [0.4, 0.5) is 5.69 Å². The topological polar surface area (TPSA) is 52.8 Å². The van der Waals surface area contributed by atoms with Gasteiger partial charge in [-0.2, -0.15) is 0 Å². The van der Waals surface area contributed by atoms with E-state index in [-0.39, 0.29) is 0 Å². The minimum absolute atomic E-state index is 0.300. The van der Waals surface area contributed by atoms with E-state index in [1.165, 1.54) is 5.56 Å². The number of pyridine rings is 1. The number of nitroso groups, excluding NO2 is 1. The van der Waals surface area contributed by atoms with E-state index in [1.54, 1.807) is 13.3 Å². The zero-order valence-corrected chi connectivity index (χ0v) is 8.12. The van der Waals surface area contributed by atoms with Gasteiger partial charge in [-0.25, -0.2) is 4.98 Å². The third kappa shape index (κ3) is 1.65. The van der Waals surface area contributed by atoms with E-state index in [0.717, 1.165) is 25.0 Å². The van der Waals surface area contributed by atoms with Crippen molar-refractivity contribution in [2.24, 2.45) is 5.18 Å². The molecule has 4 nitrogen and oxygen atoms in total. The summed E-state index contributed by atoms with van der Waals surface area (Å²) in [5.74, 6) is 0. The number of nitrogens with zero attached hydrogens (tertiary/aromatic N) is 1. The summed E-state index contributed by atoms with van der Waals surface area (Å²) in [7, 11) is 1.73. The molecule has 0 aliphatic heterocycles. The van der Waals surface area contributed by atoms with Crippen LogP contribution in [0.1, 0.15) is 17.7 Å². The van der Waals surface area contributed by atoms with Gasteiger partial charge in [-0.15, -0.1) is 4.91 Å². The lowest BCUT2D eigenvalue weighted by Gasteiger charge is -2.19. The van der Waals surface area contributed by atoms with Crippen LogP contribution in [0.2, 0.25) is 0 Å². The number of fused-ring (bicyclic) bond motifs is 1. The second-order valence-corrected chi connectivity index (χ2v) is 3.55. The van der Waals surface area contributed by atoms with Gasteiger partial charge in [0.1, 0.15) is 0 Å². The highest BCUT2D eigenvalue weighted by molar-refractivity contribution is 5.37. The summed E-state index contributed by atoms with van der Waals surface area (Å²) >= 11 is 0. The summed E-state index contributed by atoms with van der Waals surface area (Å²) in [4.78, 5) is 13.4. The fourth-order valence-corrected chi connectivity index (χ4v) is 1.87. The van der Waals surface area contributed by atoms with Gasteiger partial charge in [0.25, 0.3) is 0 Å². The summed E-state index contributed by atoms with van der Waals surface area (Å²) in [5.41, 5.74) is 2.82. The Balaban J connectivity index is 2.27. The molecule has 14 heavy (non-hydrogen) atoms. The van der Waals surface area contributed by atoms with Crippen LogP contribution in [0.5, 0.6) is 0 Å². The molecule has 0 spiro atoms. The summed E-state index contributed by atoms with van der Waals surface area (Å²) in [6, 6.07) is 1.85. The van der Waals surface area contributed by atoms with Crippen molar-refractivity contribution >= 4 is 5.69 Å². The van der Waals surface area contributed by atoms with Crippen LogP contribution in [-0.4, -0.2) is 13.2 Å². The van der Waals surface area contributed by atoms with Crippen LogP contribution in [0, 0.1) is 4.91 Å². The number of H-pyrrole nitrogens is 1. The van der Waals surface area contributed by atoms with E-state index in [9.17, 15) is 4.91 Å². The summed E-state index contributed by atoms with van der Waals surface area (Å²) in [6.45, 7) is 0. The van der Waals surface area contributed by atoms with Crippen LogP contribution in [-0.2, 0) is 17.6 Å². The lowest BCUT2D eigenvalue weighted by Crippen LogP contribution is -2.27. The molecule has 1 atom stereocenters.